The molecule has 1 fully saturated rings. The maximum atomic E-state index is 12.6. The minimum atomic E-state index is -0.250. The van der Waals surface area contributed by atoms with Crippen LogP contribution in [0.25, 0.3) is 0 Å². The number of nitrogens with zero attached hydrogens (tertiary/aromatic N) is 2. The molecule has 3 nitrogen and oxygen atoms in total. The Morgan fingerprint density at radius 1 is 0.800 bits per heavy atom. The smallest absolute Gasteiger partial charge is 0.0923 e. The molecule has 0 aromatic heterocycles. The van der Waals surface area contributed by atoms with Crippen LogP contribution in [0.4, 0.5) is 0 Å². The second-order valence-electron chi connectivity index (χ2n) is 10.3. The summed E-state index contributed by atoms with van der Waals surface area (Å²) in [4.78, 5) is 0. The summed E-state index contributed by atoms with van der Waals surface area (Å²) >= 11 is 0. The fourth-order valence-corrected chi connectivity index (χ4v) is 4.72. The zero-order chi connectivity index (χ0) is 19.1. The number of hydrogen-bond acceptors (Lipinski definition) is 1. The van der Waals surface area contributed by atoms with Gasteiger partial charge in [-0.3, -0.25) is 0 Å². The van der Waals surface area contributed by atoms with Crippen molar-refractivity contribution in [3.05, 3.63) is 0 Å². The summed E-state index contributed by atoms with van der Waals surface area (Å²) in [6, 6.07) is 0.587. The predicted molar refractivity (Wildman–Crippen MR) is 108 cm³/mol. The predicted octanol–water partition coefficient (Wildman–Crippen LogP) is 5.96. The molecule has 3 heteroatoms. The van der Waals surface area contributed by atoms with E-state index in [0.29, 0.717) is 6.04 Å². The van der Waals surface area contributed by atoms with Crippen molar-refractivity contribution in [1.82, 2.24) is 5.06 Å². The van der Waals surface area contributed by atoms with Crippen molar-refractivity contribution in [2.24, 2.45) is 0 Å². The van der Waals surface area contributed by atoms with Crippen LogP contribution in [0.1, 0.15) is 105 Å². The van der Waals surface area contributed by atoms with E-state index in [0.717, 1.165) is 17.3 Å². The Bertz CT molecular complexity index is 358. The fourth-order valence-electron chi connectivity index (χ4n) is 4.72. The van der Waals surface area contributed by atoms with Crippen molar-refractivity contribution < 1.29 is 9.69 Å². The normalized spacial score (nSPS) is 21.6. The Hall–Kier alpha value is -0.120. The zero-order valence-corrected chi connectivity index (χ0v) is 18.4. The first-order valence-corrected chi connectivity index (χ1v) is 10.8. The zero-order valence-electron chi connectivity index (χ0n) is 18.4. The third-order valence-electron chi connectivity index (χ3n) is 6.40. The highest BCUT2D eigenvalue weighted by molar-refractivity contribution is 4.96. The summed E-state index contributed by atoms with van der Waals surface area (Å²) in [5.74, 6) is 0. The van der Waals surface area contributed by atoms with Gasteiger partial charge in [0.15, 0.2) is 0 Å². The minimum Gasteiger partial charge on any atom is -0.326 e. The lowest BCUT2D eigenvalue weighted by atomic mass is 9.77. The van der Waals surface area contributed by atoms with Gasteiger partial charge in [-0.25, -0.2) is 0 Å². The number of quaternary nitrogens is 1. The van der Waals surface area contributed by atoms with Crippen molar-refractivity contribution >= 4 is 0 Å². The molecule has 1 radical (unpaired) electrons. The van der Waals surface area contributed by atoms with Gasteiger partial charge in [-0.1, -0.05) is 51.9 Å². The van der Waals surface area contributed by atoms with Crippen LogP contribution in [0.15, 0.2) is 0 Å². The van der Waals surface area contributed by atoms with E-state index in [9.17, 15) is 5.21 Å². The molecule has 25 heavy (non-hydrogen) atoms. The fraction of sp³-hybridized carbons (Fsp3) is 1.00. The van der Waals surface area contributed by atoms with E-state index in [2.05, 4.69) is 48.7 Å². The van der Waals surface area contributed by atoms with Gasteiger partial charge >= 0.3 is 0 Å². The summed E-state index contributed by atoms with van der Waals surface area (Å²) in [6.45, 7) is 12.0. The van der Waals surface area contributed by atoms with Gasteiger partial charge in [0, 0.05) is 23.9 Å². The van der Waals surface area contributed by atoms with Crippen LogP contribution in [0, 0.1) is 0 Å². The Morgan fingerprint density at radius 2 is 1.20 bits per heavy atom. The van der Waals surface area contributed by atoms with Gasteiger partial charge in [-0.2, -0.15) is 0 Å². The summed E-state index contributed by atoms with van der Waals surface area (Å²) in [7, 11) is 4.75. The molecule has 0 N–H and O–H groups in total. The van der Waals surface area contributed by atoms with Gasteiger partial charge in [0.05, 0.1) is 26.7 Å². The third-order valence-corrected chi connectivity index (χ3v) is 6.40. The molecule has 0 amide bonds. The van der Waals surface area contributed by atoms with Gasteiger partial charge in [0.25, 0.3) is 0 Å². The molecule has 1 saturated heterocycles. The molecule has 0 unspecified atom stereocenters. The Labute approximate surface area is 158 Å². The first-order chi connectivity index (χ1) is 11.5. The van der Waals surface area contributed by atoms with Crippen molar-refractivity contribution in [1.29, 1.82) is 0 Å². The van der Waals surface area contributed by atoms with Crippen LogP contribution in [0.2, 0.25) is 0 Å². The number of hydroxylamine groups is 2. The number of piperidine rings is 1. The van der Waals surface area contributed by atoms with Gasteiger partial charge in [0.2, 0.25) is 0 Å². The molecule has 0 bridgehead atoms. The average molecular weight is 355 g/mol. The molecule has 0 spiro atoms. The lowest BCUT2D eigenvalue weighted by molar-refractivity contribution is -0.918. The van der Waals surface area contributed by atoms with Gasteiger partial charge in [-0.05, 0) is 40.5 Å². The lowest BCUT2D eigenvalue weighted by Crippen LogP contribution is -2.65. The molecule has 1 rings (SSSR count). The SMILES string of the molecule is CCCCCCCCCCC[N+](C)(C)C1CC(C)(C)N([O])C(C)(C)C1. The highest BCUT2D eigenvalue weighted by Crippen LogP contribution is 2.40. The Balaban J connectivity index is 2.33. The maximum Gasteiger partial charge on any atom is 0.0923 e. The van der Waals surface area contributed by atoms with Gasteiger partial charge in [0.1, 0.15) is 0 Å². The molecule has 1 aliphatic rings. The summed E-state index contributed by atoms with van der Waals surface area (Å²) < 4.78 is 1.07. The lowest BCUT2D eigenvalue weighted by Gasteiger charge is -2.53. The van der Waals surface area contributed by atoms with Crippen LogP contribution in [0.3, 0.4) is 0 Å². The van der Waals surface area contributed by atoms with E-state index < -0.39 is 0 Å². The molecular formula is C22H46N2O+. The average Bonchev–Trinajstić information content (AvgIpc) is 2.50. The van der Waals surface area contributed by atoms with E-state index in [1.165, 1.54) is 69.4 Å². The molecule has 0 aliphatic carbocycles. The molecule has 1 heterocycles. The van der Waals surface area contributed by atoms with Gasteiger partial charge in [-0.15, -0.1) is 10.3 Å². The number of rotatable bonds is 11. The van der Waals surface area contributed by atoms with Crippen LogP contribution >= 0.6 is 0 Å². The Kier molecular flexibility index (Phi) is 8.90. The third kappa shape index (κ3) is 7.19. The largest absolute Gasteiger partial charge is 0.326 e. The maximum absolute atomic E-state index is 12.6. The first kappa shape index (κ1) is 22.9. The standard InChI is InChI=1S/C22H46N2O/c1-8-9-10-11-12-13-14-15-16-17-24(6,7)20-18-21(2,3)23(25)22(4,5)19-20/h20H,8-19H2,1-7H3/q+1. The first-order valence-electron chi connectivity index (χ1n) is 10.8. The van der Waals surface area contributed by atoms with Crippen molar-refractivity contribution in [3.8, 4) is 0 Å². The summed E-state index contributed by atoms with van der Waals surface area (Å²) in [5.41, 5.74) is -0.499. The molecule has 0 saturated carbocycles. The van der Waals surface area contributed by atoms with Crippen LogP contribution < -0.4 is 0 Å². The second-order valence-corrected chi connectivity index (χ2v) is 10.3. The van der Waals surface area contributed by atoms with Crippen molar-refractivity contribution in [3.63, 3.8) is 0 Å². The van der Waals surface area contributed by atoms with Gasteiger partial charge < -0.3 is 4.48 Å². The summed E-state index contributed by atoms with van der Waals surface area (Å²) in [5, 5.41) is 13.9. The molecule has 149 valence electrons. The number of hydrogen-bond donors (Lipinski definition) is 0. The van der Waals surface area contributed by atoms with E-state index in [4.69, 9.17) is 0 Å². The molecular weight excluding hydrogens is 308 g/mol. The second kappa shape index (κ2) is 9.71. The Morgan fingerprint density at radius 3 is 1.64 bits per heavy atom. The van der Waals surface area contributed by atoms with Crippen molar-refractivity contribution in [2.45, 2.75) is 122 Å². The number of unbranched alkanes of at least 4 members (excludes halogenated alkanes) is 8. The van der Waals surface area contributed by atoms with E-state index in [-0.39, 0.29) is 11.1 Å². The molecule has 0 aromatic rings. The summed E-state index contributed by atoms with van der Waals surface area (Å²) in [6.07, 6.45) is 14.5. The minimum absolute atomic E-state index is 0.250. The highest BCUT2D eigenvalue weighted by Gasteiger charge is 2.50. The van der Waals surface area contributed by atoms with E-state index in [1.807, 2.05) is 0 Å². The van der Waals surface area contributed by atoms with E-state index >= 15 is 0 Å². The topological polar surface area (TPSA) is 23.1 Å². The van der Waals surface area contributed by atoms with Crippen LogP contribution in [0.5, 0.6) is 0 Å². The van der Waals surface area contributed by atoms with Crippen LogP contribution in [-0.2, 0) is 5.21 Å². The monoisotopic (exact) mass is 354 g/mol. The van der Waals surface area contributed by atoms with Crippen LogP contribution in [-0.4, -0.2) is 47.3 Å². The quantitative estimate of drug-likeness (QED) is 0.331. The van der Waals surface area contributed by atoms with Crippen molar-refractivity contribution in [2.75, 3.05) is 20.6 Å². The molecule has 0 atom stereocenters. The molecule has 0 aromatic carbocycles. The molecule has 1 aliphatic heterocycles. The van der Waals surface area contributed by atoms with E-state index in [1.54, 1.807) is 0 Å². The highest BCUT2D eigenvalue weighted by atomic mass is 16.5.